The molecule has 1 fully saturated rings. The summed E-state index contributed by atoms with van der Waals surface area (Å²) in [6.45, 7) is 19.6. The number of hydrogen-bond donors (Lipinski definition) is 0. The molecule has 2 aromatic carbocycles. The van der Waals surface area contributed by atoms with Crippen molar-refractivity contribution < 1.29 is 46.3 Å². The van der Waals surface area contributed by atoms with Gasteiger partial charge < -0.3 is 23.4 Å². The lowest BCUT2D eigenvalue weighted by Gasteiger charge is -2.48. The quantitative estimate of drug-likeness (QED) is 0.0472. The van der Waals surface area contributed by atoms with Crippen molar-refractivity contribution in [2.45, 2.75) is 149 Å². The van der Waals surface area contributed by atoms with Crippen molar-refractivity contribution in [1.29, 1.82) is 0 Å². The summed E-state index contributed by atoms with van der Waals surface area (Å²) in [7, 11) is -6.57. The molecule has 0 spiro atoms. The Morgan fingerprint density at radius 3 is 1.65 bits per heavy atom. The molecule has 0 aromatic heterocycles. The predicted octanol–water partition coefficient (Wildman–Crippen LogP) is 9.76. The fourth-order valence-corrected chi connectivity index (χ4v) is 13.7. The highest BCUT2D eigenvalue weighted by Gasteiger charge is 2.54. The smallest absolute Gasteiger partial charge is 0.454 e. The maximum Gasteiger partial charge on any atom is 0.477 e. The average Bonchev–Trinajstić information content (AvgIpc) is 3.08. The Labute approximate surface area is 307 Å². The zero-order chi connectivity index (χ0) is 37.4. The summed E-state index contributed by atoms with van der Waals surface area (Å²) in [5.74, 6) is -0.582. The summed E-state index contributed by atoms with van der Waals surface area (Å²) < 4.78 is 65.1. The minimum absolute atomic E-state index is 0.162. The normalized spacial score (nSPS) is 21.5. The number of benzene rings is 2. The fourth-order valence-electron chi connectivity index (χ4n) is 6.93. The molecule has 5 atom stereocenters. The third-order valence-corrected chi connectivity index (χ3v) is 16.9. The van der Waals surface area contributed by atoms with Crippen LogP contribution in [0.5, 0.6) is 0 Å². The molecule has 1 aliphatic rings. The number of ether oxygens (including phenoxy) is 4. The van der Waals surface area contributed by atoms with Crippen molar-refractivity contribution in [3.63, 3.8) is 0 Å². The summed E-state index contributed by atoms with van der Waals surface area (Å²) in [6.07, 6.45) is -2.01. The Kier molecular flexibility index (Phi) is 18.5. The first-order chi connectivity index (χ1) is 24.4. The number of carbonyl (C=O) groups excluding carboxylic acids is 1. The van der Waals surface area contributed by atoms with Crippen LogP contribution in [0, 0.1) is 0 Å². The Morgan fingerprint density at radius 1 is 0.745 bits per heavy atom. The summed E-state index contributed by atoms with van der Waals surface area (Å²) in [5.41, 5.74) is 2.81. The lowest BCUT2D eigenvalue weighted by molar-refractivity contribution is -0.302. The SMILES string of the molecule is CCCCOP(=O)(OCCCC)O[C@H]1O[C@H](CO[Si](C(C)C)(C(C)C)C(C)C)[C@@H](OCc2ccccc2)[C@H](OCc2ccccc2)[C@@H]1OC(C)=O. The Hall–Kier alpha value is -1.92. The largest absolute Gasteiger partial charge is 0.477 e. The second kappa shape index (κ2) is 21.7. The topological polar surface area (TPSA) is 108 Å². The molecule has 1 heterocycles. The molecule has 0 radical (unpaired) electrons. The lowest BCUT2D eigenvalue weighted by Crippen LogP contribution is -2.63. The second-order valence-corrected chi connectivity index (χ2v) is 21.3. The van der Waals surface area contributed by atoms with Crippen LogP contribution < -0.4 is 0 Å². The first kappa shape index (κ1) is 43.5. The Bertz CT molecular complexity index is 1280. The van der Waals surface area contributed by atoms with Gasteiger partial charge in [0.2, 0.25) is 6.29 Å². The third kappa shape index (κ3) is 12.9. The van der Waals surface area contributed by atoms with Crippen LogP contribution in [0.25, 0.3) is 0 Å². The van der Waals surface area contributed by atoms with Crippen molar-refractivity contribution in [3.05, 3.63) is 71.8 Å². The van der Waals surface area contributed by atoms with Gasteiger partial charge in [0.25, 0.3) is 0 Å². The van der Waals surface area contributed by atoms with E-state index in [0.29, 0.717) is 29.5 Å². The van der Waals surface area contributed by atoms with E-state index in [1.165, 1.54) is 6.92 Å². The Morgan fingerprint density at radius 2 is 1.22 bits per heavy atom. The van der Waals surface area contributed by atoms with Crippen LogP contribution in [0.2, 0.25) is 16.6 Å². The molecule has 10 nitrogen and oxygen atoms in total. The lowest BCUT2D eigenvalue weighted by atomic mass is 9.98. The van der Waals surface area contributed by atoms with Crippen molar-refractivity contribution in [2.24, 2.45) is 0 Å². The number of phosphoric ester groups is 1. The molecular formula is C39H63O10PSi. The molecule has 0 bridgehead atoms. The van der Waals surface area contributed by atoms with E-state index in [1.54, 1.807) is 0 Å². The van der Waals surface area contributed by atoms with Gasteiger partial charge in [-0.2, -0.15) is 0 Å². The fraction of sp³-hybridized carbons (Fsp3) is 0.667. The van der Waals surface area contributed by atoms with Crippen LogP contribution >= 0.6 is 7.82 Å². The van der Waals surface area contributed by atoms with E-state index in [2.05, 4.69) is 41.5 Å². The van der Waals surface area contributed by atoms with Crippen LogP contribution in [0.1, 0.15) is 99.1 Å². The highest BCUT2D eigenvalue weighted by molar-refractivity contribution is 7.48. The van der Waals surface area contributed by atoms with Gasteiger partial charge in [0.05, 0.1) is 33.0 Å². The molecule has 3 rings (SSSR count). The van der Waals surface area contributed by atoms with Crippen LogP contribution in [-0.2, 0) is 59.5 Å². The molecular weight excluding hydrogens is 687 g/mol. The molecule has 0 saturated carbocycles. The molecule has 12 heteroatoms. The standard InChI is InChI=1S/C39H63O10PSi/c1-10-12-24-44-50(41,45-25-13-11-2)49-39-38(47-32(9)40)37(43-27-34-22-18-15-19-23-34)36(42-26-33-20-16-14-17-21-33)35(48-39)28-46-51(29(3)4,30(5)6)31(7)8/h14-23,29-31,35-39H,10-13,24-28H2,1-9H3/t35-,36-,37+,38+,39-/m1/s1. The van der Waals surface area contributed by atoms with Gasteiger partial charge in [0.15, 0.2) is 14.4 Å². The summed E-state index contributed by atoms with van der Waals surface area (Å²) in [4.78, 5) is 12.7. The first-order valence-electron chi connectivity index (χ1n) is 18.7. The summed E-state index contributed by atoms with van der Waals surface area (Å²) in [5, 5.41) is 0. The summed E-state index contributed by atoms with van der Waals surface area (Å²) >= 11 is 0. The monoisotopic (exact) mass is 750 g/mol. The van der Waals surface area contributed by atoms with Crippen LogP contribution in [0.15, 0.2) is 60.7 Å². The van der Waals surface area contributed by atoms with Crippen LogP contribution in [0.3, 0.4) is 0 Å². The molecule has 2 aromatic rings. The number of phosphoric acid groups is 1. The van der Waals surface area contributed by atoms with Crippen molar-refractivity contribution in [1.82, 2.24) is 0 Å². The molecule has 1 aliphatic heterocycles. The highest BCUT2D eigenvalue weighted by Crippen LogP contribution is 2.53. The summed E-state index contributed by atoms with van der Waals surface area (Å²) in [6, 6.07) is 19.5. The molecule has 288 valence electrons. The van der Waals surface area contributed by atoms with Gasteiger partial charge >= 0.3 is 13.8 Å². The van der Waals surface area contributed by atoms with Crippen molar-refractivity contribution in [2.75, 3.05) is 19.8 Å². The first-order valence-corrected chi connectivity index (χ1v) is 22.3. The van der Waals surface area contributed by atoms with E-state index >= 15 is 0 Å². The molecule has 0 unspecified atom stereocenters. The van der Waals surface area contributed by atoms with Gasteiger partial charge in [0.1, 0.15) is 18.3 Å². The third-order valence-electron chi connectivity index (χ3n) is 9.40. The maximum atomic E-state index is 14.2. The van der Waals surface area contributed by atoms with Gasteiger partial charge in [-0.3, -0.25) is 18.4 Å². The molecule has 0 amide bonds. The maximum absolute atomic E-state index is 14.2. The van der Waals surface area contributed by atoms with E-state index in [0.717, 1.165) is 24.0 Å². The van der Waals surface area contributed by atoms with Crippen molar-refractivity contribution in [3.8, 4) is 0 Å². The Balaban J connectivity index is 2.11. The van der Waals surface area contributed by atoms with Gasteiger partial charge in [0, 0.05) is 6.92 Å². The average molecular weight is 751 g/mol. The van der Waals surface area contributed by atoms with Crippen LogP contribution in [-0.4, -0.2) is 64.8 Å². The van der Waals surface area contributed by atoms with E-state index in [-0.39, 0.29) is 33.0 Å². The zero-order valence-corrected chi connectivity index (χ0v) is 34.2. The minimum Gasteiger partial charge on any atom is -0.454 e. The van der Waals surface area contributed by atoms with E-state index < -0.39 is 52.8 Å². The predicted molar refractivity (Wildman–Crippen MR) is 202 cm³/mol. The van der Waals surface area contributed by atoms with E-state index in [4.69, 9.17) is 36.9 Å². The number of rotatable bonds is 23. The van der Waals surface area contributed by atoms with Crippen molar-refractivity contribution >= 4 is 22.1 Å². The second-order valence-electron chi connectivity index (χ2n) is 14.2. The molecule has 51 heavy (non-hydrogen) atoms. The molecule has 0 aliphatic carbocycles. The van der Waals surface area contributed by atoms with Gasteiger partial charge in [-0.1, -0.05) is 129 Å². The number of unbranched alkanes of at least 4 members (excludes halogenated alkanes) is 2. The highest BCUT2D eigenvalue weighted by atomic mass is 31.2. The van der Waals surface area contributed by atoms with Gasteiger partial charge in [-0.15, -0.1) is 0 Å². The van der Waals surface area contributed by atoms with E-state index in [1.807, 2.05) is 74.5 Å². The minimum atomic E-state index is -4.18. The zero-order valence-electron chi connectivity index (χ0n) is 32.3. The van der Waals surface area contributed by atoms with Gasteiger partial charge in [-0.05, 0) is 40.6 Å². The number of esters is 1. The van der Waals surface area contributed by atoms with E-state index in [9.17, 15) is 9.36 Å². The molecule has 0 N–H and O–H groups in total. The number of hydrogen-bond acceptors (Lipinski definition) is 10. The number of carbonyl (C=O) groups is 1. The van der Waals surface area contributed by atoms with Gasteiger partial charge in [-0.25, -0.2) is 4.57 Å². The van der Waals surface area contributed by atoms with Crippen LogP contribution in [0.4, 0.5) is 0 Å². The molecule has 1 saturated heterocycles.